The molecule has 0 saturated carbocycles. The van der Waals surface area contributed by atoms with Crippen LogP contribution in [0.5, 0.6) is 0 Å². The van der Waals surface area contributed by atoms with Gasteiger partial charge in [-0.15, -0.1) is 0 Å². The van der Waals surface area contributed by atoms with E-state index in [9.17, 15) is 14.4 Å². The molecule has 0 aromatic heterocycles. The molecule has 0 bridgehead atoms. The lowest BCUT2D eigenvalue weighted by Gasteiger charge is -2.42. The Kier molecular flexibility index (Phi) is 7.79. The molecule has 198 valence electrons. The standard InChI is InChI=1S/C29H44N4O3/c1-6-15-32-26(35)29(33(7-2)27(32)36)13-16-30(17-14-29)19-23-20-31(25(34)18-28(3,4)5)21-24(23)22-11-9-8-10-12-22/h8-12,23-24H,6-7,13-21H2,1-5H3. The van der Waals surface area contributed by atoms with Crippen molar-refractivity contribution >= 4 is 17.8 Å². The molecule has 0 N–H and O–H groups in total. The van der Waals surface area contributed by atoms with Crippen molar-refractivity contribution in [2.24, 2.45) is 11.3 Å². The molecule has 1 aromatic rings. The lowest BCUT2D eigenvalue weighted by Crippen LogP contribution is -2.57. The summed E-state index contributed by atoms with van der Waals surface area (Å²) in [6.45, 7) is 15.4. The van der Waals surface area contributed by atoms with Gasteiger partial charge in [0.2, 0.25) is 5.91 Å². The summed E-state index contributed by atoms with van der Waals surface area (Å²) in [6, 6.07) is 10.5. The van der Waals surface area contributed by atoms with Crippen LogP contribution >= 0.6 is 0 Å². The maximum Gasteiger partial charge on any atom is 0.327 e. The maximum atomic E-state index is 13.4. The summed E-state index contributed by atoms with van der Waals surface area (Å²) in [7, 11) is 0. The average molecular weight is 497 g/mol. The summed E-state index contributed by atoms with van der Waals surface area (Å²) in [6.07, 6.45) is 2.71. The number of likely N-dealkylation sites (N-methyl/N-ethyl adjacent to an activating group) is 1. The number of carbonyl (C=O) groups is 3. The Morgan fingerprint density at radius 2 is 1.69 bits per heavy atom. The second-order valence-corrected chi connectivity index (χ2v) is 12.1. The molecule has 7 nitrogen and oxygen atoms in total. The fourth-order valence-corrected chi connectivity index (χ4v) is 6.47. The number of nitrogens with zero attached hydrogens (tertiary/aromatic N) is 4. The quantitative estimate of drug-likeness (QED) is 0.531. The van der Waals surface area contributed by atoms with E-state index in [-0.39, 0.29) is 23.3 Å². The molecule has 2 atom stereocenters. The molecule has 4 amide bonds. The SMILES string of the molecule is CCCN1C(=O)N(CC)C2(CCN(CC3CN(C(=O)CC(C)(C)C)CC3c3ccccc3)CC2)C1=O. The summed E-state index contributed by atoms with van der Waals surface area (Å²) >= 11 is 0. The van der Waals surface area contributed by atoms with Crippen molar-refractivity contribution in [2.75, 3.05) is 45.8 Å². The number of piperidine rings is 1. The second-order valence-electron chi connectivity index (χ2n) is 12.1. The summed E-state index contributed by atoms with van der Waals surface area (Å²) in [5.41, 5.74) is 0.590. The number of urea groups is 1. The van der Waals surface area contributed by atoms with Crippen molar-refractivity contribution in [1.82, 2.24) is 19.6 Å². The molecule has 2 unspecified atom stereocenters. The van der Waals surface area contributed by atoms with Crippen LogP contribution in [0.2, 0.25) is 0 Å². The smallest absolute Gasteiger partial charge is 0.327 e. The number of hydrogen-bond acceptors (Lipinski definition) is 4. The Morgan fingerprint density at radius 1 is 1.03 bits per heavy atom. The van der Waals surface area contributed by atoms with Gasteiger partial charge in [0.15, 0.2) is 0 Å². The summed E-state index contributed by atoms with van der Waals surface area (Å²) in [5, 5.41) is 0. The molecule has 1 spiro atoms. The third-order valence-corrected chi connectivity index (χ3v) is 8.26. The molecule has 3 heterocycles. The van der Waals surface area contributed by atoms with Gasteiger partial charge >= 0.3 is 6.03 Å². The topological polar surface area (TPSA) is 64.2 Å². The first-order valence-electron chi connectivity index (χ1n) is 13.8. The predicted octanol–water partition coefficient (Wildman–Crippen LogP) is 4.19. The minimum atomic E-state index is -0.680. The summed E-state index contributed by atoms with van der Waals surface area (Å²) in [4.78, 5) is 47.2. The van der Waals surface area contributed by atoms with E-state index in [1.165, 1.54) is 10.5 Å². The first kappa shape index (κ1) is 26.6. The van der Waals surface area contributed by atoms with Crippen LogP contribution in [0.25, 0.3) is 0 Å². The van der Waals surface area contributed by atoms with Crippen molar-refractivity contribution in [3.63, 3.8) is 0 Å². The molecule has 3 aliphatic rings. The molecular formula is C29H44N4O3. The van der Waals surface area contributed by atoms with Crippen LogP contribution in [-0.4, -0.2) is 88.8 Å². The zero-order valence-electron chi connectivity index (χ0n) is 22.8. The second kappa shape index (κ2) is 10.5. The van der Waals surface area contributed by atoms with E-state index in [0.717, 1.165) is 39.1 Å². The Morgan fingerprint density at radius 3 is 2.28 bits per heavy atom. The van der Waals surface area contributed by atoms with Crippen LogP contribution in [0.4, 0.5) is 4.79 Å². The lowest BCUT2D eigenvalue weighted by atomic mass is 9.84. The number of benzene rings is 1. The molecule has 0 aliphatic carbocycles. The van der Waals surface area contributed by atoms with Crippen LogP contribution in [0, 0.1) is 11.3 Å². The zero-order chi connectivity index (χ0) is 26.1. The normalized spacial score (nSPS) is 24.9. The molecule has 3 fully saturated rings. The van der Waals surface area contributed by atoms with Gasteiger partial charge in [-0.3, -0.25) is 14.5 Å². The van der Waals surface area contributed by atoms with Gasteiger partial charge in [-0.1, -0.05) is 58.0 Å². The van der Waals surface area contributed by atoms with Gasteiger partial charge in [0.25, 0.3) is 5.91 Å². The highest BCUT2D eigenvalue weighted by Gasteiger charge is 2.57. The van der Waals surface area contributed by atoms with E-state index < -0.39 is 5.54 Å². The van der Waals surface area contributed by atoms with Crippen LogP contribution in [0.15, 0.2) is 30.3 Å². The number of amides is 4. The average Bonchev–Trinajstić information content (AvgIpc) is 3.34. The van der Waals surface area contributed by atoms with Crippen molar-refractivity contribution in [3.8, 4) is 0 Å². The highest BCUT2D eigenvalue weighted by molar-refractivity contribution is 6.07. The largest absolute Gasteiger partial charge is 0.342 e. The Balaban J connectivity index is 1.46. The van der Waals surface area contributed by atoms with E-state index in [1.54, 1.807) is 0 Å². The third-order valence-electron chi connectivity index (χ3n) is 8.26. The maximum absolute atomic E-state index is 13.4. The van der Waals surface area contributed by atoms with Gasteiger partial charge in [-0.05, 0) is 43.1 Å². The van der Waals surface area contributed by atoms with Crippen molar-refractivity contribution < 1.29 is 14.4 Å². The number of hydrogen-bond donors (Lipinski definition) is 0. The minimum Gasteiger partial charge on any atom is -0.342 e. The van der Waals surface area contributed by atoms with Crippen molar-refractivity contribution in [3.05, 3.63) is 35.9 Å². The Hall–Kier alpha value is -2.41. The van der Waals surface area contributed by atoms with Crippen LogP contribution < -0.4 is 0 Å². The molecule has 7 heteroatoms. The van der Waals surface area contributed by atoms with Crippen LogP contribution in [-0.2, 0) is 9.59 Å². The highest BCUT2D eigenvalue weighted by Crippen LogP contribution is 2.39. The number of carbonyl (C=O) groups excluding carboxylic acids is 3. The van der Waals surface area contributed by atoms with Crippen molar-refractivity contribution in [1.29, 1.82) is 0 Å². The van der Waals surface area contributed by atoms with Gasteiger partial charge in [0, 0.05) is 58.2 Å². The van der Waals surface area contributed by atoms with E-state index >= 15 is 0 Å². The lowest BCUT2D eigenvalue weighted by molar-refractivity contribution is -0.136. The van der Waals surface area contributed by atoms with Crippen LogP contribution in [0.1, 0.15) is 71.8 Å². The molecule has 36 heavy (non-hydrogen) atoms. The van der Waals surface area contributed by atoms with Gasteiger partial charge < -0.3 is 14.7 Å². The number of likely N-dealkylation sites (tertiary alicyclic amines) is 2. The third kappa shape index (κ3) is 5.17. The zero-order valence-corrected chi connectivity index (χ0v) is 22.8. The van der Waals surface area contributed by atoms with Crippen molar-refractivity contribution in [2.45, 2.75) is 71.8 Å². The molecule has 4 rings (SSSR count). The Labute approximate surface area is 216 Å². The molecule has 0 radical (unpaired) electrons. The molecule has 1 aromatic carbocycles. The van der Waals surface area contributed by atoms with Gasteiger partial charge in [0.05, 0.1) is 0 Å². The first-order chi connectivity index (χ1) is 17.1. The van der Waals surface area contributed by atoms with E-state index in [0.29, 0.717) is 44.2 Å². The van der Waals surface area contributed by atoms with E-state index in [2.05, 4.69) is 54.8 Å². The summed E-state index contributed by atoms with van der Waals surface area (Å²) < 4.78 is 0. The molecule has 3 aliphatic heterocycles. The van der Waals surface area contributed by atoms with E-state index in [4.69, 9.17) is 0 Å². The van der Waals surface area contributed by atoms with Gasteiger partial charge in [-0.2, -0.15) is 0 Å². The number of imide groups is 1. The first-order valence-corrected chi connectivity index (χ1v) is 13.8. The predicted molar refractivity (Wildman–Crippen MR) is 142 cm³/mol. The monoisotopic (exact) mass is 496 g/mol. The van der Waals surface area contributed by atoms with Crippen LogP contribution in [0.3, 0.4) is 0 Å². The summed E-state index contributed by atoms with van der Waals surface area (Å²) in [5.74, 6) is 0.907. The van der Waals surface area contributed by atoms with Gasteiger partial charge in [0.1, 0.15) is 5.54 Å². The highest BCUT2D eigenvalue weighted by atomic mass is 16.2. The fourth-order valence-electron chi connectivity index (χ4n) is 6.47. The molecule has 3 saturated heterocycles. The minimum absolute atomic E-state index is 0.00201. The fraction of sp³-hybridized carbons (Fsp3) is 0.690. The molecular weight excluding hydrogens is 452 g/mol. The number of rotatable bonds is 7. The van der Waals surface area contributed by atoms with Gasteiger partial charge in [-0.25, -0.2) is 4.79 Å². The Bertz CT molecular complexity index is 949. The van der Waals surface area contributed by atoms with E-state index in [1.807, 2.05) is 24.8 Å².